The zero-order valence-electron chi connectivity index (χ0n) is 15.1. The Morgan fingerprint density at radius 1 is 1.19 bits per heavy atom. The smallest absolute Gasteiger partial charge is 0.383 e. The Morgan fingerprint density at radius 3 is 2.44 bits per heavy atom. The summed E-state index contributed by atoms with van der Waals surface area (Å²) in [6, 6.07) is 3.52. The molecule has 0 spiro atoms. The molecule has 1 heterocycles. The van der Waals surface area contributed by atoms with Crippen molar-refractivity contribution in [2.45, 2.75) is 25.4 Å². The molecule has 10 heteroatoms. The van der Waals surface area contributed by atoms with Crippen LogP contribution in [0.1, 0.15) is 24.8 Å². The number of halogens is 5. The molecule has 0 saturated carbocycles. The van der Waals surface area contributed by atoms with Gasteiger partial charge in [-0.1, -0.05) is 0 Å². The van der Waals surface area contributed by atoms with E-state index in [0.717, 1.165) is 44.5 Å². The van der Waals surface area contributed by atoms with Gasteiger partial charge in [0.2, 0.25) is 5.91 Å². The molecule has 0 atom stereocenters. The first kappa shape index (κ1) is 25.8. The molecule has 2 N–H and O–H groups in total. The molecule has 1 aromatic carbocycles. The molecule has 0 aliphatic carbocycles. The molecule has 5 nitrogen and oxygen atoms in total. The largest absolute Gasteiger partial charge is 0.416 e. The predicted molar refractivity (Wildman–Crippen MR) is 105 cm³/mol. The maximum Gasteiger partial charge on any atom is 0.416 e. The van der Waals surface area contributed by atoms with Gasteiger partial charge in [-0.2, -0.15) is 13.2 Å². The summed E-state index contributed by atoms with van der Waals surface area (Å²) < 4.78 is 43.9. The van der Waals surface area contributed by atoms with Crippen LogP contribution in [0, 0.1) is 0 Å². The first-order chi connectivity index (χ1) is 11.9. The Hall–Kier alpha value is -1.22. The highest BCUT2D eigenvalue weighted by Gasteiger charge is 2.31. The number of carbonyl (C=O) groups is 1. The van der Waals surface area contributed by atoms with Crippen LogP contribution in [0.15, 0.2) is 18.2 Å². The fraction of sp³-hybridized carbons (Fsp3) is 0.588. The molecule has 1 amide bonds. The molecule has 1 aliphatic rings. The van der Waals surface area contributed by atoms with Gasteiger partial charge in [-0.05, 0) is 37.5 Å². The summed E-state index contributed by atoms with van der Waals surface area (Å²) in [6.07, 6.45) is -1.35. The molecule has 1 fully saturated rings. The van der Waals surface area contributed by atoms with Gasteiger partial charge in [0.05, 0.1) is 30.1 Å². The van der Waals surface area contributed by atoms with Crippen LogP contribution in [0.25, 0.3) is 0 Å². The minimum atomic E-state index is -4.45. The first-order valence-corrected chi connectivity index (χ1v) is 8.37. The molecular formula is C17H26Cl2F3N3O2. The van der Waals surface area contributed by atoms with E-state index < -0.39 is 11.7 Å². The molecule has 156 valence electrons. The Bertz CT molecular complexity index is 583. The van der Waals surface area contributed by atoms with Gasteiger partial charge >= 0.3 is 6.18 Å². The Labute approximate surface area is 169 Å². The van der Waals surface area contributed by atoms with Crippen LogP contribution in [0.4, 0.5) is 24.5 Å². The van der Waals surface area contributed by atoms with Gasteiger partial charge in [0.1, 0.15) is 0 Å². The van der Waals surface area contributed by atoms with Crippen molar-refractivity contribution in [1.29, 1.82) is 0 Å². The van der Waals surface area contributed by atoms with Gasteiger partial charge in [0, 0.05) is 26.7 Å². The maximum atomic E-state index is 13.0. The SMILES string of the molecule is COCCNCC(=O)Nc1cc(C(F)(F)F)ccc1N1CCCCC1.Cl.Cl. The molecule has 0 bridgehead atoms. The number of hydrogen-bond donors (Lipinski definition) is 2. The van der Waals surface area contributed by atoms with Crippen molar-refractivity contribution in [1.82, 2.24) is 5.32 Å². The van der Waals surface area contributed by atoms with E-state index in [2.05, 4.69) is 10.6 Å². The normalized spacial score (nSPS) is 14.1. The van der Waals surface area contributed by atoms with Gasteiger partial charge in [-0.3, -0.25) is 4.79 Å². The second-order valence-corrected chi connectivity index (χ2v) is 6.00. The number of nitrogens with zero attached hydrogens (tertiary/aromatic N) is 1. The van der Waals surface area contributed by atoms with Crippen molar-refractivity contribution in [3.8, 4) is 0 Å². The standard InChI is InChI=1S/C17H24F3N3O2.2ClH/c1-25-10-7-21-12-16(24)22-14-11-13(17(18,19)20)5-6-15(14)23-8-3-2-4-9-23;;/h5-6,11,21H,2-4,7-10,12H2,1H3,(H,22,24);2*1H. The summed E-state index contributed by atoms with van der Waals surface area (Å²) in [7, 11) is 1.55. The number of alkyl halides is 3. The molecule has 1 aromatic rings. The monoisotopic (exact) mass is 431 g/mol. The Morgan fingerprint density at radius 2 is 1.85 bits per heavy atom. The molecule has 27 heavy (non-hydrogen) atoms. The summed E-state index contributed by atoms with van der Waals surface area (Å²) >= 11 is 0. The molecule has 0 aromatic heterocycles. The van der Waals surface area contributed by atoms with Crippen LogP contribution in [-0.4, -0.2) is 45.8 Å². The van der Waals surface area contributed by atoms with Crippen molar-refractivity contribution in [3.05, 3.63) is 23.8 Å². The molecule has 0 unspecified atom stereocenters. The van der Waals surface area contributed by atoms with Crippen LogP contribution in [-0.2, 0) is 15.7 Å². The van der Waals surface area contributed by atoms with Crippen molar-refractivity contribution in [3.63, 3.8) is 0 Å². The minimum Gasteiger partial charge on any atom is -0.383 e. The van der Waals surface area contributed by atoms with Gasteiger partial charge < -0.3 is 20.3 Å². The van der Waals surface area contributed by atoms with Crippen LogP contribution >= 0.6 is 24.8 Å². The van der Waals surface area contributed by atoms with E-state index in [1.54, 1.807) is 7.11 Å². The predicted octanol–water partition coefficient (Wildman–Crippen LogP) is 3.71. The number of ether oxygens (including phenoxy) is 1. The zero-order valence-corrected chi connectivity index (χ0v) is 16.7. The number of benzene rings is 1. The van der Waals surface area contributed by atoms with Crippen molar-refractivity contribution >= 4 is 42.1 Å². The second-order valence-electron chi connectivity index (χ2n) is 6.00. The van der Waals surface area contributed by atoms with E-state index >= 15 is 0 Å². The number of anilines is 2. The van der Waals surface area contributed by atoms with Gasteiger partial charge in [0.25, 0.3) is 0 Å². The molecule has 0 radical (unpaired) electrons. The van der Waals surface area contributed by atoms with Crippen LogP contribution in [0.5, 0.6) is 0 Å². The van der Waals surface area contributed by atoms with Crippen molar-refractivity contribution in [2.24, 2.45) is 0 Å². The lowest BCUT2D eigenvalue weighted by atomic mass is 10.1. The van der Waals surface area contributed by atoms with E-state index in [1.807, 2.05) is 4.90 Å². The number of rotatable bonds is 7. The van der Waals surface area contributed by atoms with Gasteiger partial charge in [-0.15, -0.1) is 24.8 Å². The molecule has 1 saturated heterocycles. The lowest BCUT2D eigenvalue weighted by Gasteiger charge is -2.31. The third-order valence-corrected chi connectivity index (χ3v) is 4.06. The average molecular weight is 432 g/mol. The van der Waals surface area contributed by atoms with E-state index in [9.17, 15) is 18.0 Å². The number of amides is 1. The minimum absolute atomic E-state index is 0. The third-order valence-electron chi connectivity index (χ3n) is 4.06. The van der Waals surface area contributed by atoms with E-state index in [-0.39, 0.29) is 43.0 Å². The quantitative estimate of drug-likeness (QED) is 0.646. The highest BCUT2D eigenvalue weighted by atomic mass is 35.5. The van der Waals surface area contributed by atoms with E-state index in [0.29, 0.717) is 18.8 Å². The van der Waals surface area contributed by atoms with Crippen LogP contribution in [0.2, 0.25) is 0 Å². The Kier molecular flexibility index (Phi) is 11.7. The summed E-state index contributed by atoms with van der Waals surface area (Å²) in [5.74, 6) is -0.381. The summed E-state index contributed by atoms with van der Waals surface area (Å²) in [5, 5.41) is 5.49. The van der Waals surface area contributed by atoms with Crippen molar-refractivity contribution < 1.29 is 22.7 Å². The van der Waals surface area contributed by atoms with Crippen LogP contribution in [0.3, 0.4) is 0 Å². The fourth-order valence-corrected chi connectivity index (χ4v) is 2.79. The number of nitrogens with one attached hydrogen (secondary N) is 2. The average Bonchev–Trinajstić information content (AvgIpc) is 2.59. The van der Waals surface area contributed by atoms with Gasteiger partial charge in [-0.25, -0.2) is 0 Å². The first-order valence-electron chi connectivity index (χ1n) is 8.37. The van der Waals surface area contributed by atoms with Gasteiger partial charge in [0.15, 0.2) is 0 Å². The number of piperidine rings is 1. The number of carbonyl (C=O) groups excluding carboxylic acids is 1. The molecule has 1 aliphatic heterocycles. The Balaban J connectivity index is 0.00000338. The molecule has 2 rings (SSSR count). The summed E-state index contributed by atoms with van der Waals surface area (Å²) in [6.45, 7) is 2.51. The molecular weight excluding hydrogens is 406 g/mol. The highest BCUT2D eigenvalue weighted by Crippen LogP contribution is 2.36. The zero-order chi connectivity index (χ0) is 18.3. The topological polar surface area (TPSA) is 53.6 Å². The number of methoxy groups -OCH3 is 1. The third kappa shape index (κ3) is 8.13. The second kappa shape index (κ2) is 12.3. The van der Waals surface area contributed by atoms with E-state index in [4.69, 9.17) is 4.74 Å². The summed E-state index contributed by atoms with van der Waals surface area (Å²) in [5.41, 5.74) is 0.0732. The number of hydrogen-bond acceptors (Lipinski definition) is 4. The lowest BCUT2D eigenvalue weighted by Crippen LogP contribution is -2.33. The fourth-order valence-electron chi connectivity index (χ4n) is 2.79. The van der Waals surface area contributed by atoms with E-state index in [1.165, 1.54) is 6.07 Å². The summed E-state index contributed by atoms with van der Waals surface area (Å²) in [4.78, 5) is 14.1. The maximum absolute atomic E-state index is 13.0. The van der Waals surface area contributed by atoms with Crippen LogP contribution < -0.4 is 15.5 Å². The highest BCUT2D eigenvalue weighted by molar-refractivity contribution is 5.95. The lowest BCUT2D eigenvalue weighted by molar-refractivity contribution is -0.137. The van der Waals surface area contributed by atoms with Crippen molar-refractivity contribution in [2.75, 3.05) is 50.1 Å².